The van der Waals surface area contributed by atoms with Gasteiger partial charge in [0.05, 0.1) is 6.61 Å². The van der Waals surface area contributed by atoms with E-state index in [2.05, 4.69) is 146 Å². The van der Waals surface area contributed by atoms with E-state index in [0.29, 0.717) is 6.61 Å². The molecule has 0 aliphatic carbocycles. The first-order valence-electron chi connectivity index (χ1n) is 18.5. The van der Waals surface area contributed by atoms with E-state index in [1.165, 1.54) is 0 Å². The highest BCUT2D eigenvalue weighted by atomic mass is 32.4. The van der Waals surface area contributed by atoms with Crippen molar-refractivity contribution < 1.29 is 9.53 Å². The molecule has 0 bridgehead atoms. The summed E-state index contributed by atoms with van der Waals surface area (Å²) in [6, 6.07) is 1.72. The number of carbonyl (C=O) groups is 1. The van der Waals surface area contributed by atoms with E-state index in [1.807, 2.05) is 6.92 Å². The van der Waals surface area contributed by atoms with Gasteiger partial charge in [-0.3, -0.25) is 19.0 Å². The molecule has 0 aromatic carbocycles. The van der Waals surface area contributed by atoms with Gasteiger partial charge in [0, 0.05) is 61.4 Å². The summed E-state index contributed by atoms with van der Waals surface area (Å²) in [5, 5.41) is 5.92. The number of nitrogens with zero attached hydrogens (tertiary/aromatic N) is 7. The first kappa shape index (κ1) is 43.0. The number of esters is 1. The van der Waals surface area contributed by atoms with E-state index in [-0.39, 0.29) is 60.5 Å². The van der Waals surface area contributed by atoms with Gasteiger partial charge in [0.15, 0.2) is 6.17 Å². The lowest BCUT2D eigenvalue weighted by molar-refractivity contribution is -0.148. The molecule has 47 heavy (non-hydrogen) atoms. The zero-order chi connectivity index (χ0) is 36.3. The normalized spacial score (nSPS) is 20.6. The van der Waals surface area contributed by atoms with Crippen molar-refractivity contribution in [1.29, 1.82) is 0 Å². The second-order valence-corrected chi connectivity index (χ2v) is 22.9. The van der Waals surface area contributed by atoms with Crippen molar-refractivity contribution in [2.75, 3.05) is 26.4 Å². The minimum atomic E-state index is -2.82. The van der Waals surface area contributed by atoms with Crippen LogP contribution >= 0.6 is 14.1 Å². The Balaban J connectivity index is 3.29. The lowest BCUT2D eigenvalue weighted by Crippen LogP contribution is -2.58. The summed E-state index contributed by atoms with van der Waals surface area (Å²) in [6.07, 6.45) is -0.865. The van der Waals surface area contributed by atoms with Gasteiger partial charge in [-0.15, -0.1) is 19.2 Å². The Kier molecular flexibility index (Phi) is 15.9. The fourth-order valence-electron chi connectivity index (χ4n) is 8.94. The lowest BCUT2D eigenvalue weighted by atomic mass is 10.1. The Morgan fingerprint density at radius 1 is 0.766 bits per heavy atom. The Hall–Kier alpha value is -0.180. The highest BCUT2D eigenvalue weighted by molar-refractivity contribution is 8.20. The van der Waals surface area contributed by atoms with Crippen LogP contribution in [0.5, 0.6) is 0 Å². The summed E-state index contributed by atoms with van der Waals surface area (Å²) < 4.78 is 19.0. The topological polar surface area (TPSA) is 58.1 Å². The third-order valence-corrected chi connectivity index (χ3v) is 20.0. The summed E-state index contributed by atoms with van der Waals surface area (Å²) >= 11 is 7.20. The van der Waals surface area contributed by atoms with Crippen molar-refractivity contribution >= 4 is 37.3 Å². The van der Waals surface area contributed by atoms with Gasteiger partial charge in [-0.25, -0.2) is 0 Å². The molecule has 0 unspecified atom stereocenters. The van der Waals surface area contributed by atoms with Crippen LogP contribution in [0, 0.1) is 5.92 Å². The molecule has 0 amide bonds. The van der Waals surface area contributed by atoms with Crippen LogP contribution < -0.4 is 0 Å². The van der Waals surface area contributed by atoms with Gasteiger partial charge in [0.1, 0.15) is 24.4 Å². The largest absolute Gasteiger partial charge is 0.465 e. The van der Waals surface area contributed by atoms with E-state index < -0.39 is 20.0 Å². The van der Waals surface area contributed by atoms with Crippen molar-refractivity contribution in [2.24, 2.45) is 11.0 Å². The third kappa shape index (κ3) is 8.49. The molecule has 0 aromatic heterocycles. The molecule has 2 atom stereocenters. The Bertz CT molecular complexity index is 1020. The standard InChI is InChI=1S/C35H74N7O2P2S/c1-19-44-35(43)32-33(46(47,40(28(10)11)29(12)13)41(30(14)15)31(16)17)36-42(34(32)37-22-20-21-23-37)45(18,38(24(2)3)25(4)5)39(26(6)7)27(8)9/h24-32,34H,19-23H2,1-18H3/q+1/t32-,34-/m0/s1. The molecule has 0 radical (unpaired) electrons. The van der Waals surface area contributed by atoms with Crippen LogP contribution in [-0.4, -0.2) is 121 Å². The molecule has 2 rings (SSSR count). The molecule has 9 nitrogen and oxygen atoms in total. The van der Waals surface area contributed by atoms with Gasteiger partial charge >= 0.3 is 5.97 Å². The molecule has 0 aromatic rings. The van der Waals surface area contributed by atoms with Crippen LogP contribution in [0.2, 0.25) is 0 Å². The van der Waals surface area contributed by atoms with Gasteiger partial charge in [-0.05, 0) is 131 Å². The number of ether oxygens (including phenoxy) is 1. The maximum absolute atomic E-state index is 14.7. The van der Waals surface area contributed by atoms with Crippen molar-refractivity contribution in [1.82, 2.24) is 28.4 Å². The predicted octanol–water partition coefficient (Wildman–Crippen LogP) is 8.39. The monoisotopic (exact) mass is 719 g/mol. The molecular formula is C35H74N7O2P2S+. The van der Waals surface area contributed by atoms with Gasteiger partial charge in [-0.1, -0.05) is 11.8 Å². The SMILES string of the molecule is CCOC(=O)[C@H]1C(P(=S)(N(C(C)C)C(C)C)N(C(C)C)C(C)C)=NN([P+](C)(N(C(C)C)C(C)C)N(C(C)C)C(C)C)[C@@H]1N1CCCC1. The van der Waals surface area contributed by atoms with Crippen LogP contribution in [-0.2, 0) is 21.3 Å². The van der Waals surface area contributed by atoms with Gasteiger partial charge in [-0.2, -0.15) is 0 Å². The molecule has 2 aliphatic heterocycles. The number of likely N-dealkylation sites (tertiary alicyclic amines) is 1. The van der Waals surface area contributed by atoms with E-state index in [4.69, 9.17) is 21.6 Å². The zero-order valence-corrected chi connectivity index (χ0v) is 36.2. The molecule has 1 saturated heterocycles. The molecule has 0 spiro atoms. The maximum atomic E-state index is 14.7. The molecule has 12 heteroatoms. The summed E-state index contributed by atoms with van der Waals surface area (Å²) in [6.45, 7) is 43.1. The highest BCUT2D eigenvalue weighted by Crippen LogP contribution is 2.73. The molecular weight excluding hydrogens is 644 g/mol. The fourth-order valence-corrected chi connectivity index (χ4v) is 20.9. The summed E-state index contributed by atoms with van der Waals surface area (Å²) in [4.78, 5) is 17.2. The van der Waals surface area contributed by atoms with E-state index in [0.717, 1.165) is 31.4 Å². The number of rotatable bonds is 17. The van der Waals surface area contributed by atoms with E-state index in [9.17, 15) is 4.79 Å². The number of carbonyl (C=O) groups excluding carboxylic acids is 1. The lowest BCUT2D eigenvalue weighted by Gasteiger charge is -2.51. The first-order valence-corrected chi connectivity index (χ1v) is 23.3. The molecule has 2 heterocycles. The van der Waals surface area contributed by atoms with Crippen LogP contribution in [0.1, 0.15) is 131 Å². The average Bonchev–Trinajstić information content (AvgIpc) is 3.55. The second-order valence-electron chi connectivity index (χ2n) is 15.8. The van der Waals surface area contributed by atoms with Crippen molar-refractivity contribution in [2.45, 2.75) is 185 Å². The molecule has 2 aliphatic rings. The van der Waals surface area contributed by atoms with Crippen molar-refractivity contribution in [3.05, 3.63) is 0 Å². The minimum absolute atomic E-state index is 0.164. The van der Waals surface area contributed by atoms with Gasteiger partial charge in [0.2, 0.25) is 0 Å². The van der Waals surface area contributed by atoms with Gasteiger partial charge < -0.3 is 4.74 Å². The minimum Gasteiger partial charge on any atom is -0.465 e. The quantitative estimate of drug-likeness (QED) is 0.109. The smallest absolute Gasteiger partial charge is 0.319 e. The third-order valence-electron chi connectivity index (χ3n) is 9.49. The predicted molar refractivity (Wildman–Crippen MR) is 210 cm³/mol. The zero-order valence-electron chi connectivity index (χ0n) is 33.6. The number of hydrogen-bond donors (Lipinski definition) is 0. The molecule has 1 fully saturated rings. The first-order chi connectivity index (χ1) is 21.6. The van der Waals surface area contributed by atoms with E-state index >= 15 is 0 Å². The van der Waals surface area contributed by atoms with Crippen LogP contribution in [0.25, 0.3) is 0 Å². The number of hydrogen-bond acceptors (Lipinski definition) is 8. The second kappa shape index (κ2) is 17.4. The maximum Gasteiger partial charge on any atom is 0.319 e. The van der Waals surface area contributed by atoms with E-state index in [1.54, 1.807) is 0 Å². The highest BCUT2D eigenvalue weighted by Gasteiger charge is 2.66. The van der Waals surface area contributed by atoms with Crippen molar-refractivity contribution in [3.63, 3.8) is 0 Å². The fraction of sp³-hybridized carbons (Fsp3) is 0.943. The summed E-state index contributed by atoms with van der Waals surface area (Å²) in [5.41, 5.74) is 0.860. The van der Waals surface area contributed by atoms with Crippen LogP contribution in [0.4, 0.5) is 0 Å². The Morgan fingerprint density at radius 3 is 1.43 bits per heavy atom. The van der Waals surface area contributed by atoms with Crippen LogP contribution in [0.3, 0.4) is 0 Å². The average molecular weight is 719 g/mol. The van der Waals surface area contributed by atoms with Crippen LogP contribution in [0.15, 0.2) is 5.10 Å². The Morgan fingerprint density at radius 2 is 1.13 bits per heavy atom. The molecule has 0 saturated carbocycles. The van der Waals surface area contributed by atoms with Crippen molar-refractivity contribution in [3.8, 4) is 0 Å². The van der Waals surface area contributed by atoms with Gasteiger partial charge in [0.25, 0.3) is 7.71 Å². The molecule has 276 valence electrons. The molecule has 0 N–H and O–H groups in total. The number of hydrazone groups is 1. The summed E-state index contributed by atoms with van der Waals surface area (Å²) in [7, 11) is -2.43. The summed E-state index contributed by atoms with van der Waals surface area (Å²) in [5.74, 6) is -0.770. The Labute approximate surface area is 296 Å².